The Morgan fingerprint density at radius 1 is 0.367 bits per heavy atom. The van der Waals surface area contributed by atoms with Crippen molar-refractivity contribution in [3.8, 4) is 0 Å². The number of benzene rings is 5. The van der Waals surface area contributed by atoms with Crippen LogP contribution in [-0.4, -0.2) is 0 Å². The van der Waals surface area contributed by atoms with Crippen LogP contribution in [0.3, 0.4) is 0 Å². The number of allylic oxidation sites excluding steroid dienone is 1. The van der Waals surface area contributed by atoms with Crippen LogP contribution in [0.2, 0.25) is 0 Å². The van der Waals surface area contributed by atoms with Crippen LogP contribution in [0, 0.1) is 48.5 Å². The Kier molecular flexibility index (Phi) is 23.5. The summed E-state index contributed by atoms with van der Waals surface area (Å²) in [4.78, 5) is 2.80. The average molecular weight is 673 g/mol. The van der Waals surface area contributed by atoms with Gasteiger partial charge in [0.1, 0.15) is 0 Å². The third-order valence-corrected chi connectivity index (χ3v) is 8.21. The molecule has 1 aromatic heterocycles. The van der Waals surface area contributed by atoms with Crippen molar-refractivity contribution in [2.75, 3.05) is 0 Å². The largest absolute Gasteiger partial charge is 0.146 e. The monoisotopic (exact) mass is 672 g/mol. The quantitative estimate of drug-likeness (QED) is 0.164. The lowest BCUT2D eigenvalue weighted by molar-refractivity contribution is 1.46. The van der Waals surface area contributed by atoms with Crippen LogP contribution in [0.1, 0.15) is 90.9 Å². The number of hydrogen-bond donors (Lipinski definition) is 0. The van der Waals surface area contributed by atoms with Gasteiger partial charge in [-0.3, -0.25) is 0 Å². The predicted octanol–water partition coefficient (Wildman–Crippen LogP) is 15.9. The second-order valence-corrected chi connectivity index (χ2v) is 13.0. The van der Waals surface area contributed by atoms with Crippen molar-refractivity contribution in [1.29, 1.82) is 0 Å². The van der Waals surface area contributed by atoms with Gasteiger partial charge in [0.2, 0.25) is 0 Å². The molecule has 0 nitrogen and oxygen atoms in total. The summed E-state index contributed by atoms with van der Waals surface area (Å²) in [5.74, 6) is 0. The number of fused-ring (bicyclic) bond motifs is 1. The first-order valence-corrected chi connectivity index (χ1v) is 16.4. The average Bonchev–Trinajstić information content (AvgIpc) is 3.44. The van der Waals surface area contributed by atoms with E-state index in [1.165, 1.54) is 65.0 Å². The van der Waals surface area contributed by atoms with Gasteiger partial charge in [-0.2, -0.15) is 0 Å². The topological polar surface area (TPSA) is 0 Å². The van der Waals surface area contributed by atoms with Gasteiger partial charge in [-0.25, -0.2) is 0 Å². The Morgan fingerprint density at radius 2 is 0.673 bits per heavy atom. The zero-order valence-electron chi connectivity index (χ0n) is 28.3. The van der Waals surface area contributed by atoms with E-state index in [0.29, 0.717) is 0 Å². The molecule has 0 atom stereocenters. The van der Waals surface area contributed by atoms with Gasteiger partial charge in [0.25, 0.3) is 0 Å². The smallest absolute Gasteiger partial charge is 0.00170 e. The van der Waals surface area contributed by atoms with Gasteiger partial charge in [-0.05, 0) is 106 Å². The fraction of sp³-hybridized carbons (Fsp3) is 0.250. The van der Waals surface area contributed by atoms with E-state index in [2.05, 4.69) is 188 Å². The van der Waals surface area contributed by atoms with Gasteiger partial charge in [0, 0.05) is 9.75 Å². The molecule has 49 heavy (non-hydrogen) atoms. The molecule has 6 aromatic rings. The lowest BCUT2D eigenvalue weighted by Gasteiger charge is -2.03. The van der Waals surface area contributed by atoms with Gasteiger partial charge < -0.3 is 0 Å². The van der Waals surface area contributed by atoms with Crippen molar-refractivity contribution in [1.82, 2.24) is 0 Å². The molecule has 0 aliphatic rings. The maximum absolute atomic E-state index is 2.18. The first kappa shape index (κ1) is 46.7. The summed E-state index contributed by atoms with van der Waals surface area (Å²) in [6.45, 7) is 16.9. The Balaban J connectivity index is 0. The molecule has 0 aliphatic carbocycles. The van der Waals surface area contributed by atoms with Crippen LogP contribution < -0.4 is 0 Å². The van der Waals surface area contributed by atoms with Crippen LogP contribution in [0.15, 0.2) is 127 Å². The van der Waals surface area contributed by atoms with Crippen molar-refractivity contribution < 1.29 is 0 Å². The van der Waals surface area contributed by atoms with Crippen LogP contribution >= 0.6 is 11.3 Å². The summed E-state index contributed by atoms with van der Waals surface area (Å²) >= 11 is 1.84. The highest BCUT2D eigenvalue weighted by atomic mass is 32.1. The van der Waals surface area contributed by atoms with Crippen molar-refractivity contribution >= 4 is 40.3 Å². The molecule has 0 bridgehead atoms. The van der Waals surface area contributed by atoms with E-state index in [1.54, 1.807) is 0 Å². The fourth-order valence-electron chi connectivity index (χ4n) is 4.57. The minimum Gasteiger partial charge on any atom is -0.146 e. The lowest BCUT2D eigenvalue weighted by Crippen LogP contribution is -1.80. The second kappa shape index (κ2) is 24.6. The summed E-state index contributed by atoms with van der Waals surface area (Å²) < 4.78 is 0. The molecule has 262 valence electrons. The molecule has 0 spiro atoms. The second-order valence-electron chi connectivity index (χ2n) is 11.5. The minimum absolute atomic E-state index is 0. The van der Waals surface area contributed by atoms with Gasteiger partial charge in [-0.1, -0.05) is 180 Å². The molecule has 0 N–H and O–H groups in total. The van der Waals surface area contributed by atoms with Crippen molar-refractivity contribution in [3.63, 3.8) is 0 Å². The number of rotatable bonds is 3. The van der Waals surface area contributed by atoms with E-state index in [0.717, 1.165) is 0 Å². The fourth-order valence-corrected chi connectivity index (χ4v) is 5.35. The van der Waals surface area contributed by atoms with E-state index in [1.807, 2.05) is 24.3 Å². The summed E-state index contributed by atoms with van der Waals surface area (Å²) in [5, 5.41) is 2.75. The standard InChI is InChI=1S/C16H16.C12H12.C10H12.C6H8S.4CH4/c1-13-3-7-15(8-4-13)11-12-16-9-5-14(2)6-10-16;1-9-7-8-10(2)12-6-4-3-5-11(9)12;1-3-4-10-7-5-9(2)6-8-10;1-5-3-4-6(2)7-5;;;;/h3-12H,1-2H3;3-8H,1-2H3;3-8H,1-2H3;3-4H,1-2H3;4*1H4. The SMILES string of the molecule is C.C.C.C.CC=Cc1ccc(C)cc1.Cc1ccc(C)c2ccccc12.Cc1ccc(C)s1.Cc1ccc(C=Cc2ccc(C)cc2)cc1. The van der Waals surface area contributed by atoms with Crippen LogP contribution in [0.4, 0.5) is 0 Å². The highest BCUT2D eigenvalue weighted by Gasteiger charge is 1.97. The molecule has 0 saturated heterocycles. The van der Waals surface area contributed by atoms with Crippen LogP contribution in [0.5, 0.6) is 0 Å². The molecule has 0 radical (unpaired) electrons. The van der Waals surface area contributed by atoms with Gasteiger partial charge in [-0.15, -0.1) is 11.3 Å². The molecular formula is C48H64S. The first-order valence-electron chi connectivity index (χ1n) is 15.6. The highest BCUT2D eigenvalue weighted by molar-refractivity contribution is 7.11. The van der Waals surface area contributed by atoms with E-state index >= 15 is 0 Å². The van der Waals surface area contributed by atoms with Gasteiger partial charge >= 0.3 is 0 Å². The third-order valence-electron chi connectivity index (χ3n) is 7.29. The number of aryl methyl sites for hydroxylation is 7. The van der Waals surface area contributed by atoms with Crippen molar-refractivity contribution in [3.05, 3.63) is 182 Å². The van der Waals surface area contributed by atoms with E-state index in [-0.39, 0.29) is 29.7 Å². The molecule has 0 unspecified atom stereocenters. The summed E-state index contributed by atoms with van der Waals surface area (Å²) in [5.41, 5.74) is 10.4. The Morgan fingerprint density at radius 3 is 0.939 bits per heavy atom. The molecule has 5 aromatic carbocycles. The maximum atomic E-state index is 2.18. The lowest BCUT2D eigenvalue weighted by atomic mass is 10.0. The van der Waals surface area contributed by atoms with Crippen LogP contribution in [-0.2, 0) is 0 Å². The van der Waals surface area contributed by atoms with Crippen LogP contribution in [0.25, 0.3) is 29.0 Å². The highest BCUT2D eigenvalue weighted by Crippen LogP contribution is 2.21. The minimum atomic E-state index is 0. The molecule has 1 heterocycles. The summed E-state index contributed by atoms with van der Waals surface area (Å²) in [6.07, 6.45) is 8.43. The van der Waals surface area contributed by atoms with Crippen molar-refractivity contribution in [2.45, 2.75) is 85.1 Å². The molecule has 1 heteroatoms. The van der Waals surface area contributed by atoms with Gasteiger partial charge in [0.05, 0.1) is 0 Å². The summed E-state index contributed by atoms with van der Waals surface area (Å²) in [7, 11) is 0. The van der Waals surface area contributed by atoms with E-state index in [4.69, 9.17) is 0 Å². The number of thiophene rings is 1. The molecule has 0 amide bonds. The third kappa shape index (κ3) is 17.0. The molecule has 6 rings (SSSR count). The number of hydrogen-bond acceptors (Lipinski definition) is 1. The molecule has 0 fully saturated rings. The Hall–Kier alpha value is -4.46. The predicted molar refractivity (Wildman–Crippen MR) is 231 cm³/mol. The normalized spacial score (nSPS) is 9.63. The first-order chi connectivity index (χ1) is 21.6. The molecule has 0 aliphatic heterocycles. The maximum Gasteiger partial charge on any atom is 0.00170 e. The Bertz CT molecular complexity index is 1670. The summed E-state index contributed by atoms with van der Waals surface area (Å²) in [6, 6.07) is 42.7. The van der Waals surface area contributed by atoms with Crippen molar-refractivity contribution in [2.24, 2.45) is 0 Å². The molecule has 0 saturated carbocycles. The van der Waals surface area contributed by atoms with E-state index in [9.17, 15) is 0 Å². The Labute approximate surface area is 305 Å². The van der Waals surface area contributed by atoms with Gasteiger partial charge in [0.15, 0.2) is 0 Å². The molecular weight excluding hydrogens is 609 g/mol. The zero-order chi connectivity index (χ0) is 32.6. The van der Waals surface area contributed by atoms with E-state index < -0.39 is 0 Å². The zero-order valence-corrected chi connectivity index (χ0v) is 29.1.